The Hall–Kier alpha value is -2.23. The van der Waals surface area contributed by atoms with Crippen LogP contribution in [0.1, 0.15) is 16.7 Å². The van der Waals surface area contributed by atoms with Crippen molar-refractivity contribution in [3.05, 3.63) is 71.3 Å². The number of rotatable bonds is 4. The van der Waals surface area contributed by atoms with Crippen LogP contribution in [-0.2, 0) is 19.5 Å². The van der Waals surface area contributed by atoms with Gasteiger partial charge in [-0.05, 0) is 46.0 Å². The van der Waals surface area contributed by atoms with Gasteiger partial charge in [-0.25, -0.2) is 0 Å². The third kappa shape index (κ3) is 3.50. The van der Waals surface area contributed by atoms with Gasteiger partial charge in [0.25, 0.3) is 0 Å². The van der Waals surface area contributed by atoms with Crippen LogP contribution in [0.5, 0.6) is 11.5 Å². The average Bonchev–Trinajstić information content (AvgIpc) is 2.67. The molecule has 3 aromatic carbocycles. The fourth-order valence-electron chi connectivity index (χ4n) is 3.74. The van der Waals surface area contributed by atoms with E-state index < -0.39 is 0 Å². The SMILES string of the molecule is COc1cc2ccc3c(c2cc1OC)CN(Cc1ccccc1)CC3.Cl. The lowest BCUT2D eigenvalue weighted by Gasteiger charge is -2.30. The topological polar surface area (TPSA) is 21.7 Å². The summed E-state index contributed by atoms with van der Waals surface area (Å²) in [5, 5.41) is 2.48. The van der Waals surface area contributed by atoms with Crippen molar-refractivity contribution in [1.82, 2.24) is 4.90 Å². The van der Waals surface area contributed by atoms with Crippen LogP contribution in [-0.4, -0.2) is 25.7 Å². The molecule has 0 saturated heterocycles. The molecule has 3 nitrogen and oxygen atoms in total. The van der Waals surface area contributed by atoms with Crippen LogP contribution in [0.25, 0.3) is 10.8 Å². The monoisotopic (exact) mass is 369 g/mol. The van der Waals surface area contributed by atoms with E-state index in [2.05, 4.69) is 59.5 Å². The van der Waals surface area contributed by atoms with E-state index in [0.29, 0.717) is 0 Å². The summed E-state index contributed by atoms with van der Waals surface area (Å²) in [5.74, 6) is 1.58. The van der Waals surface area contributed by atoms with Crippen molar-refractivity contribution in [1.29, 1.82) is 0 Å². The first-order chi connectivity index (χ1) is 12.3. The summed E-state index contributed by atoms with van der Waals surface area (Å²) in [6.45, 7) is 3.06. The van der Waals surface area contributed by atoms with Crippen molar-refractivity contribution in [3.63, 3.8) is 0 Å². The number of ether oxygens (including phenoxy) is 2. The minimum atomic E-state index is 0. The molecule has 1 heterocycles. The highest BCUT2D eigenvalue weighted by Gasteiger charge is 2.19. The van der Waals surface area contributed by atoms with Crippen LogP contribution < -0.4 is 9.47 Å². The maximum Gasteiger partial charge on any atom is 0.161 e. The molecule has 4 rings (SSSR count). The van der Waals surface area contributed by atoms with Gasteiger partial charge in [-0.2, -0.15) is 0 Å². The van der Waals surface area contributed by atoms with Crippen molar-refractivity contribution in [2.45, 2.75) is 19.5 Å². The molecule has 0 spiro atoms. The summed E-state index contributed by atoms with van der Waals surface area (Å²) in [6.07, 6.45) is 1.09. The number of hydrogen-bond acceptors (Lipinski definition) is 3. The zero-order valence-electron chi connectivity index (χ0n) is 15.2. The largest absolute Gasteiger partial charge is 0.493 e. The second-order valence-corrected chi connectivity index (χ2v) is 6.58. The Morgan fingerprint density at radius 1 is 0.923 bits per heavy atom. The van der Waals surface area contributed by atoms with Crippen LogP contribution in [0.3, 0.4) is 0 Å². The highest BCUT2D eigenvalue weighted by atomic mass is 35.5. The molecule has 0 saturated carbocycles. The quantitative estimate of drug-likeness (QED) is 0.657. The summed E-state index contributed by atoms with van der Waals surface area (Å²) in [4.78, 5) is 2.52. The van der Waals surface area contributed by atoms with Gasteiger partial charge in [0.2, 0.25) is 0 Å². The second-order valence-electron chi connectivity index (χ2n) is 6.58. The number of methoxy groups -OCH3 is 2. The van der Waals surface area contributed by atoms with Crippen molar-refractivity contribution >= 4 is 23.2 Å². The molecular weight excluding hydrogens is 346 g/mol. The number of nitrogens with zero attached hydrogens (tertiary/aromatic N) is 1. The molecule has 0 N–H and O–H groups in total. The van der Waals surface area contributed by atoms with Gasteiger partial charge in [0, 0.05) is 19.6 Å². The van der Waals surface area contributed by atoms with Crippen LogP contribution >= 0.6 is 12.4 Å². The first-order valence-electron chi connectivity index (χ1n) is 8.71. The lowest BCUT2D eigenvalue weighted by atomic mass is 9.93. The van der Waals surface area contributed by atoms with Crippen LogP contribution in [0.15, 0.2) is 54.6 Å². The van der Waals surface area contributed by atoms with Gasteiger partial charge in [0.1, 0.15) is 0 Å². The van der Waals surface area contributed by atoms with E-state index in [1.165, 1.54) is 27.5 Å². The maximum atomic E-state index is 5.52. The smallest absolute Gasteiger partial charge is 0.161 e. The molecule has 1 aliphatic heterocycles. The molecule has 0 aromatic heterocycles. The Balaban J connectivity index is 0.00000196. The van der Waals surface area contributed by atoms with Crippen LogP contribution in [0, 0.1) is 0 Å². The van der Waals surface area contributed by atoms with E-state index in [1.54, 1.807) is 14.2 Å². The second kappa shape index (κ2) is 7.98. The highest BCUT2D eigenvalue weighted by Crippen LogP contribution is 2.36. The Bertz CT molecular complexity index is 896. The Morgan fingerprint density at radius 3 is 2.38 bits per heavy atom. The van der Waals surface area contributed by atoms with Crippen LogP contribution in [0.2, 0.25) is 0 Å². The summed E-state index contributed by atoms with van der Waals surface area (Å²) in [5.41, 5.74) is 4.23. The number of halogens is 1. The zero-order chi connectivity index (χ0) is 17.2. The minimum absolute atomic E-state index is 0. The molecule has 4 heteroatoms. The van der Waals surface area contributed by atoms with Gasteiger partial charge in [-0.1, -0.05) is 42.5 Å². The number of benzene rings is 3. The molecule has 1 aliphatic rings. The summed E-state index contributed by atoms with van der Waals surface area (Å²) in [7, 11) is 3.38. The van der Waals surface area contributed by atoms with E-state index in [0.717, 1.165) is 37.6 Å². The lowest BCUT2D eigenvalue weighted by Crippen LogP contribution is -2.30. The van der Waals surface area contributed by atoms with Crippen molar-refractivity contribution in [3.8, 4) is 11.5 Å². The Morgan fingerprint density at radius 2 is 1.65 bits per heavy atom. The van der Waals surface area contributed by atoms with Gasteiger partial charge in [0.15, 0.2) is 11.5 Å². The molecule has 3 aromatic rings. The number of fused-ring (bicyclic) bond motifs is 3. The first-order valence-corrected chi connectivity index (χ1v) is 8.71. The number of hydrogen-bond donors (Lipinski definition) is 0. The van der Waals surface area contributed by atoms with E-state index in [4.69, 9.17) is 9.47 Å². The van der Waals surface area contributed by atoms with E-state index >= 15 is 0 Å². The predicted molar refractivity (Wildman–Crippen MR) is 109 cm³/mol. The molecule has 0 aliphatic carbocycles. The summed E-state index contributed by atoms with van der Waals surface area (Å²) in [6, 6.07) is 19.4. The van der Waals surface area contributed by atoms with E-state index in [9.17, 15) is 0 Å². The summed E-state index contributed by atoms with van der Waals surface area (Å²) < 4.78 is 11.0. The fourth-order valence-corrected chi connectivity index (χ4v) is 3.74. The molecular formula is C22H24ClNO2. The molecule has 0 radical (unpaired) electrons. The van der Waals surface area contributed by atoms with Gasteiger partial charge < -0.3 is 9.47 Å². The average molecular weight is 370 g/mol. The van der Waals surface area contributed by atoms with E-state index in [1.807, 2.05) is 0 Å². The highest BCUT2D eigenvalue weighted by molar-refractivity contribution is 5.90. The molecule has 0 unspecified atom stereocenters. The molecule has 26 heavy (non-hydrogen) atoms. The minimum Gasteiger partial charge on any atom is -0.493 e. The molecule has 0 bridgehead atoms. The molecule has 0 fully saturated rings. The van der Waals surface area contributed by atoms with Crippen molar-refractivity contribution in [2.75, 3.05) is 20.8 Å². The molecule has 0 amide bonds. The van der Waals surface area contributed by atoms with Crippen LogP contribution in [0.4, 0.5) is 0 Å². The Labute approximate surface area is 160 Å². The standard InChI is InChI=1S/C22H23NO2.ClH/c1-24-21-12-18-9-8-17-10-11-23(14-16-6-4-3-5-7-16)15-20(17)19(18)13-22(21)25-2;/h3-9,12-13H,10-11,14-15H2,1-2H3;1H. The molecule has 136 valence electrons. The van der Waals surface area contributed by atoms with Gasteiger partial charge in [-0.3, -0.25) is 4.90 Å². The third-order valence-electron chi connectivity index (χ3n) is 5.06. The Kier molecular flexibility index (Phi) is 5.70. The predicted octanol–water partition coefficient (Wildman–Crippen LogP) is 4.84. The molecule has 0 atom stereocenters. The third-order valence-corrected chi connectivity index (χ3v) is 5.06. The van der Waals surface area contributed by atoms with E-state index in [-0.39, 0.29) is 12.4 Å². The maximum absolute atomic E-state index is 5.52. The van der Waals surface area contributed by atoms with Gasteiger partial charge >= 0.3 is 0 Å². The fraction of sp³-hybridized carbons (Fsp3) is 0.273. The normalized spacial score (nSPS) is 13.8. The lowest BCUT2D eigenvalue weighted by molar-refractivity contribution is 0.247. The van der Waals surface area contributed by atoms with Crippen molar-refractivity contribution in [2.24, 2.45) is 0 Å². The van der Waals surface area contributed by atoms with Gasteiger partial charge in [0.05, 0.1) is 14.2 Å². The van der Waals surface area contributed by atoms with Crippen molar-refractivity contribution < 1.29 is 9.47 Å². The summed E-state index contributed by atoms with van der Waals surface area (Å²) >= 11 is 0. The van der Waals surface area contributed by atoms with Gasteiger partial charge in [-0.15, -0.1) is 12.4 Å². The zero-order valence-corrected chi connectivity index (χ0v) is 16.0. The first kappa shape index (κ1) is 18.6.